The molecule has 1 aromatic heterocycles. The Hall–Kier alpha value is -1.00. The van der Waals surface area contributed by atoms with Gasteiger partial charge >= 0.3 is 5.97 Å². The van der Waals surface area contributed by atoms with Crippen LogP contribution in [-0.2, 0) is 4.74 Å². The molecule has 0 spiro atoms. The number of hydrogen-bond donors (Lipinski definition) is 0. The van der Waals surface area contributed by atoms with Gasteiger partial charge < -0.3 is 9.30 Å². The molecule has 0 saturated carbocycles. The molecule has 0 aliphatic rings. The summed E-state index contributed by atoms with van der Waals surface area (Å²) in [4.78, 5) is 11.8. The van der Waals surface area contributed by atoms with Gasteiger partial charge in [0.25, 0.3) is 0 Å². The van der Waals surface area contributed by atoms with E-state index in [9.17, 15) is 4.79 Å². The summed E-state index contributed by atoms with van der Waals surface area (Å²) in [7, 11) is 1.36. The molecule has 18 heavy (non-hydrogen) atoms. The van der Waals surface area contributed by atoms with Crippen LogP contribution >= 0.6 is 27.5 Å². The molecule has 3 nitrogen and oxygen atoms in total. The summed E-state index contributed by atoms with van der Waals surface area (Å²) in [6.45, 7) is 4.13. The fourth-order valence-corrected chi connectivity index (χ4v) is 2.75. The minimum Gasteiger partial charge on any atom is -0.465 e. The van der Waals surface area contributed by atoms with E-state index in [0.717, 1.165) is 15.4 Å². The largest absolute Gasteiger partial charge is 0.465 e. The van der Waals surface area contributed by atoms with Crippen molar-refractivity contribution in [1.29, 1.82) is 0 Å². The number of hydrogen-bond acceptors (Lipinski definition) is 2. The Balaban J connectivity index is 2.84. The van der Waals surface area contributed by atoms with Gasteiger partial charge in [0.1, 0.15) is 0 Å². The zero-order valence-corrected chi connectivity index (χ0v) is 12.7. The first kappa shape index (κ1) is 13.4. The molecule has 96 valence electrons. The number of ether oxygens (including phenoxy) is 1. The molecule has 0 atom stereocenters. The normalized spacial score (nSPS) is 11.2. The van der Waals surface area contributed by atoms with Gasteiger partial charge in [-0.05, 0) is 26.0 Å². The number of fused-ring (bicyclic) bond motifs is 1. The summed E-state index contributed by atoms with van der Waals surface area (Å²) in [6, 6.07) is 3.94. The molecule has 1 aromatic carbocycles. The predicted octanol–water partition coefficient (Wildman–Crippen LogP) is 4.42. The first-order chi connectivity index (χ1) is 8.45. The van der Waals surface area contributed by atoms with Crippen LogP contribution in [0.4, 0.5) is 0 Å². The summed E-state index contributed by atoms with van der Waals surface area (Å²) in [5.41, 5.74) is 1.40. The number of esters is 1. The third-order valence-corrected chi connectivity index (χ3v) is 3.56. The van der Waals surface area contributed by atoms with Crippen LogP contribution in [0.1, 0.15) is 30.2 Å². The molecule has 2 aromatic rings. The molecule has 1 heterocycles. The molecule has 0 radical (unpaired) electrons. The number of carbonyl (C=O) groups excluding carboxylic acids is 1. The fourth-order valence-electron chi connectivity index (χ4n) is 2.00. The number of methoxy groups -OCH3 is 1. The average Bonchev–Trinajstić information content (AvgIpc) is 2.64. The smallest absolute Gasteiger partial charge is 0.338 e. The van der Waals surface area contributed by atoms with Gasteiger partial charge in [0.2, 0.25) is 0 Å². The first-order valence-electron chi connectivity index (χ1n) is 5.53. The van der Waals surface area contributed by atoms with E-state index >= 15 is 0 Å². The van der Waals surface area contributed by atoms with Crippen LogP contribution in [0.3, 0.4) is 0 Å². The Bertz CT molecular complexity index is 619. The van der Waals surface area contributed by atoms with Crippen molar-refractivity contribution in [3.05, 3.63) is 33.4 Å². The summed E-state index contributed by atoms with van der Waals surface area (Å²) in [5.74, 6) is -0.385. The number of halogens is 2. The molecule has 0 fully saturated rings. The van der Waals surface area contributed by atoms with Crippen LogP contribution in [-0.4, -0.2) is 17.6 Å². The molecule has 0 aliphatic carbocycles. The Morgan fingerprint density at radius 1 is 1.44 bits per heavy atom. The van der Waals surface area contributed by atoms with Crippen LogP contribution in [0.15, 0.2) is 22.8 Å². The average molecular weight is 331 g/mol. The Morgan fingerprint density at radius 2 is 2.11 bits per heavy atom. The molecule has 0 amide bonds. The highest BCUT2D eigenvalue weighted by molar-refractivity contribution is 9.10. The van der Waals surface area contributed by atoms with Gasteiger partial charge in [-0.2, -0.15) is 0 Å². The van der Waals surface area contributed by atoms with Crippen molar-refractivity contribution in [2.75, 3.05) is 7.11 Å². The van der Waals surface area contributed by atoms with Gasteiger partial charge in [0.15, 0.2) is 0 Å². The summed E-state index contributed by atoms with van der Waals surface area (Å²) < 4.78 is 7.66. The third kappa shape index (κ3) is 2.15. The standard InChI is InChI=1S/C13H13BrClNO2/c1-7(2)16-6-10(15)12-9(13(17)18-3)4-8(14)5-11(12)16/h4-7H,1-3H3. The maximum atomic E-state index is 11.8. The molecular weight excluding hydrogens is 318 g/mol. The van der Waals surface area contributed by atoms with Crippen LogP contribution in [0.5, 0.6) is 0 Å². The van der Waals surface area contributed by atoms with Crippen LogP contribution < -0.4 is 0 Å². The topological polar surface area (TPSA) is 31.2 Å². The number of benzene rings is 1. The Morgan fingerprint density at radius 3 is 2.67 bits per heavy atom. The number of nitrogens with zero attached hydrogens (tertiary/aromatic N) is 1. The maximum absolute atomic E-state index is 11.8. The van der Waals surface area contributed by atoms with Gasteiger partial charge in [0, 0.05) is 22.1 Å². The van der Waals surface area contributed by atoms with E-state index in [-0.39, 0.29) is 12.0 Å². The zero-order chi connectivity index (χ0) is 13.4. The molecule has 0 saturated heterocycles. The highest BCUT2D eigenvalue weighted by Gasteiger charge is 2.18. The van der Waals surface area contributed by atoms with Crippen LogP contribution in [0.2, 0.25) is 5.02 Å². The van der Waals surface area contributed by atoms with E-state index < -0.39 is 0 Å². The van der Waals surface area contributed by atoms with E-state index in [4.69, 9.17) is 16.3 Å². The van der Waals surface area contributed by atoms with E-state index in [1.165, 1.54) is 7.11 Å². The highest BCUT2D eigenvalue weighted by Crippen LogP contribution is 2.34. The zero-order valence-electron chi connectivity index (χ0n) is 10.3. The Labute approximate surface area is 119 Å². The van der Waals surface area contributed by atoms with E-state index in [0.29, 0.717) is 10.6 Å². The number of aromatic nitrogens is 1. The number of carbonyl (C=O) groups is 1. The lowest BCUT2D eigenvalue weighted by atomic mass is 10.1. The maximum Gasteiger partial charge on any atom is 0.338 e. The van der Waals surface area contributed by atoms with Crippen LogP contribution in [0.25, 0.3) is 10.9 Å². The summed E-state index contributed by atoms with van der Waals surface area (Å²) >= 11 is 9.65. The lowest BCUT2D eigenvalue weighted by Gasteiger charge is -2.10. The predicted molar refractivity (Wildman–Crippen MR) is 76.4 cm³/mol. The van der Waals surface area contributed by atoms with Crippen molar-refractivity contribution in [3.8, 4) is 0 Å². The second kappa shape index (κ2) is 4.94. The van der Waals surface area contributed by atoms with Gasteiger partial charge in [-0.1, -0.05) is 27.5 Å². The van der Waals surface area contributed by atoms with Gasteiger partial charge in [-0.3, -0.25) is 0 Å². The minimum absolute atomic E-state index is 0.264. The molecule has 0 bridgehead atoms. The van der Waals surface area contributed by atoms with E-state index in [1.54, 1.807) is 6.07 Å². The molecule has 0 N–H and O–H groups in total. The minimum atomic E-state index is -0.385. The van der Waals surface area contributed by atoms with Crippen molar-refractivity contribution in [1.82, 2.24) is 4.57 Å². The molecule has 5 heteroatoms. The number of rotatable bonds is 2. The van der Waals surface area contributed by atoms with Crippen molar-refractivity contribution >= 4 is 44.4 Å². The lowest BCUT2D eigenvalue weighted by molar-refractivity contribution is 0.0603. The van der Waals surface area contributed by atoms with Crippen molar-refractivity contribution < 1.29 is 9.53 Å². The van der Waals surface area contributed by atoms with Crippen molar-refractivity contribution in [3.63, 3.8) is 0 Å². The summed E-state index contributed by atoms with van der Waals surface area (Å²) in [6.07, 6.45) is 1.84. The lowest BCUT2D eigenvalue weighted by Crippen LogP contribution is -2.03. The first-order valence-corrected chi connectivity index (χ1v) is 6.70. The van der Waals surface area contributed by atoms with Crippen molar-refractivity contribution in [2.24, 2.45) is 0 Å². The molecule has 0 unspecified atom stereocenters. The SMILES string of the molecule is COC(=O)c1cc(Br)cc2c1c(Cl)cn2C(C)C. The second-order valence-electron chi connectivity index (χ2n) is 4.32. The van der Waals surface area contributed by atoms with Gasteiger partial charge in [-0.25, -0.2) is 4.79 Å². The quantitative estimate of drug-likeness (QED) is 0.763. The van der Waals surface area contributed by atoms with E-state index in [1.807, 2.05) is 16.8 Å². The molecule has 2 rings (SSSR count). The van der Waals surface area contributed by atoms with Gasteiger partial charge in [0.05, 0.1) is 23.2 Å². The second-order valence-corrected chi connectivity index (χ2v) is 5.64. The molecule has 0 aliphatic heterocycles. The van der Waals surface area contributed by atoms with Crippen molar-refractivity contribution in [2.45, 2.75) is 19.9 Å². The summed E-state index contributed by atoms with van der Waals surface area (Å²) in [5, 5.41) is 1.30. The molecular formula is C13H13BrClNO2. The van der Waals surface area contributed by atoms with Crippen LogP contribution in [0, 0.1) is 0 Å². The third-order valence-electron chi connectivity index (χ3n) is 2.81. The monoisotopic (exact) mass is 329 g/mol. The highest BCUT2D eigenvalue weighted by atomic mass is 79.9. The van der Waals surface area contributed by atoms with Gasteiger partial charge in [-0.15, -0.1) is 0 Å². The Kier molecular flexibility index (Phi) is 3.69. The van der Waals surface area contributed by atoms with E-state index in [2.05, 4.69) is 29.8 Å². The fraction of sp³-hybridized carbons (Fsp3) is 0.308.